The van der Waals surface area contributed by atoms with Crippen LogP contribution in [0, 0.1) is 5.92 Å². The predicted molar refractivity (Wildman–Crippen MR) is 56.0 cm³/mol. The third kappa shape index (κ3) is 3.58. The molecule has 1 aliphatic rings. The molecule has 0 bridgehead atoms. The van der Waals surface area contributed by atoms with Crippen LogP contribution in [0.1, 0.15) is 32.1 Å². The van der Waals surface area contributed by atoms with Gasteiger partial charge < -0.3 is 14.9 Å². The van der Waals surface area contributed by atoms with Gasteiger partial charge in [-0.25, -0.2) is 4.79 Å². The Hall–Kier alpha value is -0.820. The number of aliphatic hydroxyl groups is 1. The van der Waals surface area contributed by atoms with Crippen LogP contribution in [0.15, 0.2) is 0 Å². The van der Waals surface area contributed by atoms with Crippen LogP contribution in [0.2, 0.25) is 0 Å². The first-order valence-electron chi connectivity index (χ1n) is 5.87. The molecular formula is C11H17F3O4. The number of carboxylic acids is 1. The molecule has 0 spiro atoms. The van der Waals surface area contributed by atoms with E-state index in [1.54, 1.807) is 0 Å². The van der Waals surface area contributed by atoms with Crippen LogP contribution < -0.4 is 0 Å². The van der Waals surface area contributed by atoms with Crippen molar-refractivity contribution in [3.8, 4) is 0 Å². The third-order valence-corrected chi connectivity index (χ3v) is 3.33. The highest BCUT2D eigenvalue weighted by atomic mass is 19.4. The summed E-state index contributed by atoms with van der Waals surface area (Å²) in [7, 11) is 0. The number of aliphatic carboxylic acids is 1. The highest BCUT2D eigenvalue weighted by Gasteiger charge is 2.49. The van der Waals surface area contributed by atoms with Gasteiger partial charge in [0.25, 0.3) is 0 Å². The van der Waals surface area contributed by atoms with E-state index < -0.39 is 23.7 Å². The number of rotatable bonds is 5. The fourth-order valence-corrected chi connectivity index (χ4v) is 2.16. The van der Waals surface area contributed by atoms with E-state index in [4.69, 9.17) is 14.9 Å². The minimum absolute atomic E-state index is 0.0412. The van der Waals surface area contributed by atoms with Crippen LogP contribution in [0.5, 0.6) is 0 Å². The van der Waals surface area contributed by atoms with Crippen molar-refractivity contribution in [2.24, 2.45) is 5.92 Å². The van der Waals surface area contributed by atoms with Crippen LogP contribution in [0.4, 0.5) is 13.2 Å². The summed E-state index contributed by atoms with van der Waals surface area (Å²) >= 11 is 0. The van der Waals surface area contributed by atoms with Crippen LogP contribution in [0.25, 0.3) is 0 Å². The highest BCUT2D eigenvalue weighted by molar-refractivity contribution is 5.77. The van der Waals surface area contributed by atoms with E-state index in [-0.39, 0.29) is 45.3 Å². The van der Waals surface area contributed by atoms with Gasteiger partial charge in [-0.3, -0.25) is 0 Å². The predicted octanol–water partition coefficient (Wildman–Crippen LogP) is 1.96. The maximum atomic E-state index is 12.5. The Morgan fingerprint density at radius 2 is 1.89 bits per heavy atom. The molecule has 0 aromatic carbocycles. The first-order chi connectivity index (χ1) is 8.32. The zero-order chi connectivity index (χ0) is 13.8. The van der Waals surface area contributed by atoms with Gasteiger partial charge in [-0.1, -0.05) is 0 Å². The Kier molecular flexibility index (Phi) is 4.98. The Morgan fingerprint density at radius 1 is 1.33 bits per heavy atom. The fourth-order valence-electron chi connectivity index (χ4n) is 2.16. The second-order valence-electron chi connectivity index (χ2n) is 4.54. The van der Waals surface area contributed by atoms with E-state index in [1.807, 2.05) is 0 Å². The molecule has 0 aromatic rings. The average Bonchev–Trinajstić information content (AvgIpc) is 2.28. The van der Waals surface area contributed by atoms with Crippen molar-refractivity contribution >= 4 is 5.97 Å². The molecule has 1 fully saturated rings. The van der Waals surface area contributed by atoms with Gasteiger partial charge in [0.05, 0.1) is 12.5 Å². The van der Waals surface area contributed by atoms with Crippen molar-refractivity contribution < 1.29 is 32.9 Å². The van der Waals surface area contributed by atoms with E-state index in [9.17, 15) is 18.0 Å². The first kappa shape index (κ1) is 15.2. The molecule has 0 amide bonds. The van der Waals surface area contributed by atoms with Gasteiger partial charge in [0.1, 0.15) is 0 Å². The lowest BCUT2D eigenvalue weighted by molar-refractivity contribution is -0.204. The molecule has 0 heterocycles. The lowest BCUT2D eigenvalue weighted by Gasteiger charge is -2.37. The molecule has 0 aliphatic heterocycles. The number of alkyl halides is 3. The molecular weight excluding hydrogens is 253 g/mol. The van der Waals surface area contributed by atoms with Crippen molar-refractivity contribution in [2.45, 2.75) is 43.9 Å². The molecule has 0 radical (unpaired) electrons. The number of carboxylic acid groups (broad SMARTS) is 1. The van der Waals surface area contributed by atoms with Gasteiger partial charge in [-0.15, -0.1) is 0 Å². The second-order valence-corrected chi connectivity index (χ2v) is 4.54. The van der Waals surface area contributed by atoms with Crippen LogP contribution in [-0.2, 0) is 9.53 Å². The molecule has 18 heavy (non-hydrogen) atoms. The summed E-state index contributed by atoms with van der Waals surface area (Å²) in [6, 6.07) is 0. The minimum atomic E-state index is -4.27. The molecule has 0 saturated heterocycles. The van der Waals surface area contributed by atoms with Gasteiger partial charge in [0.15, 0.2) is 5.60 Å². The van der Waals surface area contributed by atoms with Crippen molar-refractivity contribution in [2.75, 3.05) is 13.2 Å². The lowest BCUT2D eigenvalue weighted by atomic mass is 9.78. The summed E-state index contributed by atoms with van der Waals surface area (Å²) in [5, 5.41) is 17.7. The SMILES string of the molecule is O=C(O)C1(OCCCO)CCC(C(F)(F)F)CC1. The Balaban J connectivity index is 2.60. The summed E-state index contributed by atoms with van der Waals surface area (Å²) in [6.45, 7) is -0.0969. The molecule has 106 valence electrons. The molecule has 0 atom stereocenters. The lowest BCUT2D eigenvalue weighted by Crippen LogP contribution is -2.47. The number of carbonyl (C=O) groups is 1. The molecule has 1 aliphatic carbocycles. The zero-order valence-electron chi connectivity index (χ0n) is 9.87. The number of aliphatic hydroxyl groups excluding tert-OH is 1. The number of ether oxygens (including phenoxy) is 1. The molecule has 7 heteroatoms. The van der Waals surface area contributed by atoms with Gasteiger partial charge in [0, 0.05) is 6.61 Å². The molecule has 0 unspecified atom stereocenters. The highest BCUT2D eigenvalue weighted by Crippen LogP contribution is 2.42. The average molecular weight is 270 g/mol. The summed E-state index contributed by atoms with van der Waals surface area (Å²) in [5.74, 6) is -2.66. The van der Waals surface area contributed by atoms with E-state index in [0.717, 1.165) is 0 Å². The van der Waals surface area contributed by atoms with Crippen molar-refractivity contribution in [3.63, 3.8) is 0 Å². The van der Waals surface area contributed by atoms with Crippen molar-refractivity contribution in [1.82, 2.24) is 0 Å². The number of halogens is 3. The third-order valence-electron chi connectivity index (χ3n) is 3.33. The van der Waals surface area contributed by atoms with Gasteiger partial charge in [-0.05, 0) is 32.1 Å². The number of hydrogen-bond acceptors (Lipinski definition) is 3. The van der Waals surface area contributed by atoms with Crippen molar-refractivity contribution in [3.05, 3.63) is 0 Å². The largest absolute Gasteiger partial charge is 0.479 e. The van der Waals surface area contributed by atoms with Crippen molar-refractivity contribution in [1.29, 1.82) is 0 Å². The summed E-state index contributed by atoms with van der Waals surface area (Å²) in [5.41, 5.74) is -1.52. The number of hydrogen-bond donors (Lipinski definition) is 2. The Bertz CT molecular complexity index is 283. The maximum Gasteiger partial charge on any atom is 0.391 e. The first-order valence-corrected chi connectivity index (χ1v) is 5.87. The van der Waals surface area contributed by atoms with Crippen LogP contribution in [-0.4, -0.2) is 41.2 Å². The smallest absolute Gasteiger partial charge is 0.391 e. The molecule has 2 N–H and O–H groups in total. The van der Waals surface area contributed by atoms with E-state index in [1.165, 1.54) is 0 Å². The van der Waals surface area contributed by atoms with Gasteiger partial charge in [-0.2, -0.15) is 13.2 Å². The van der Waals surface area contributed by atoms with Gasteiger partial charge >= 0.3 is 12.1 Å². The Morgan fingerprint density at radius 3 is 2.28 bits per heavy atom. The summed E-state index contributed by atoms with van der Waals surface area (Å²) in [6.07, 6.45) is -4.73. The topological polar surface area (TPSA) is 66.8 Å². The monoisotopic (exact) mass is 270 g/mol. The molecule has 1 rings (SSSR count). The fraction of sp³-hybridized carbons (Fsp3) is 0.909. The molecule has 4 nitrogen and oxygen atoms in total. The normalized spacial score (nSPS) is 29.2. The quantitative estimate of drug-likeness (QED) is 0.749. The summed E-state index contributed by atoms with van der Waals surface area (Å²) in [4.78, 5) is 11.2. The summed E-state index contributed by atoms with van der Waals surface area (Å²) < 4.78 is 42.6. The molecule has 0 aromatic heterocycles. The van der Waals surface area contributed by atoms with E-state index in [0.29, 0.717) is 0 Å². The maximum absolute atomic E-state index is 12.5. The molecule has 1 saturated carbocycles. The van der Waals surface area contributed by atoms with Crippen LogP contribution >= 0.6 is 0 Å². The zero-order valence-corrected chi connectivity index (χ0v) is 9.87. The van der Waals surface area contributed by atoms with E-state index >= 15 is 0 Å². The Labute approximate surface area is 103 Å². The standard InChI is InChI=1S/C11H17F3O4/c12-11(13,14)8-2-4-10(5-3-8,9(16)17)18-7-1-6-15/h8,15H,1-7H2,(H,16,17). The minimum Gasteiger partial charge on any atom is -0.479 e. The second kappa shape index (κ2) is 5.88. The van der Waals surface area contributed by atoms with Crippen LogP contribution in [0.3, 0.4) is 0 Å². The van der Waals surface area contributed by atoms with E-state index in [2.05, 4.69) is 0 Å². The van der Waals surface area contributed by atoms with Gasteiger partial charge in [0.2, 0.25) is 0 Å².